The van der Waals surface area contributed by atoms with Crippen LogP contribution in [0, 0.1) is 0 Å². The fourth-order valence-corrected chi connectivity index (χ4v) is 17.9. The number of primary amides is 1. The molecule has 0 unspecified atom stereocenters. The van der Waals surface area contributed by atoms with Gasteiger partial charge in [0.25, 0.3) is 23.6 Å². The number of piperidine rings is 3. The van der Waals surface area contributed by atoms with Crippen molar-refractivity contribution in [3.8, 4) is 40.1 Å². The summed E-state index contributed by atoms with van der Waals surface area (Å²) in [5, 5.41) is 26.7. The highest BCUT2D eigenvalue weighted by molar-refractivity contribution is 6.82. The van der Waals surface area contributed by atoms with Gasteiger partial charge >= 0.3 is 17.9 Å². The van der Waals surface area contributed by atoms with Crippen molar-refractivity contribution < 1.29 is 81.5 Å². The largest absolute Gasteiger partial charge is 0.489 e. The third-order valence-corrected chi connectivity index (χ3v) is 25.4. The highest BCUT2D eigenvalue weighted by Gasteiger charge is 2.40. The van der Waals surface area contributed by atoms with E-state index in [1.807, 2.05) is 231 Å². The molecule has 0 bridgehead atoms. The Hall–Kier alpha value is -17.3. The van der Waals surface area contributed by atoms with E-state index in [-0.39, 0.29) is 76.6 Å². The first-order valence-electron chi connectivity index (χ1n) is 48.2. The SMILES string of the molecule is CCOC(=O)/C(Cl)=N/Nc1ccc(OCc2ccccc2)cc1.CCOC(=O)c1nn(-c2ccc(OCc3ccccc3)cc2)c2c1CCN(c1ccc(N3CCCCC3=O)cc1)C2=O.NC(=O)c1nn(-c2ccc(OCc3ccccc3)cc2)c2c1CCN(c1ccc(N3CCCCC3=O)cc1)C2=O.O=C(O)c1nn(-c2ccc(OCc3ccccc3)cc2)c2c1CCN(c1ccc(N3CCCCC3=O)cc1)C2=O. The Labute approximate surface area is 841 Å². The van der Waals surface area contributed by atoms with Crippen LogP contribution >= 0.6 is 11.6 Å². The molecule has 6 aliphatic heterocycles. The lowest BCUT2D eigenvalue weighted by molar-refractivity contribution is -0.134. The minimum Gasteiger partial charge on any atom is -0.489 e. The number of benzene rings is 11. The number of esters is 2. The second kappa shape index (κ2) is 46.9. The van der Waals surface area contributed by atoms with E-state index in [9.17, 15) is 53.1 Å². The fraction of sp³-hybridized carbons (Fsp3) is 0.232. The van der Waals surface area contributed by atoms with Crippen molar-refractivity contribution in [1.82, 2.24) is 29.3 Å². The quantitative estimate of drug-likeness (QED) is 0.0223. The average molecular weight is 1970 g/mol. The number of hydrogen-bond acceptors (Lipinski definition) is 21. The molecule has 0 spiro atoms. The van der Waals surface area contributed by atoms with E-state index in [1.165, 1.54) is 14.0 Å². The lowest BCUT2D eigenvalue weighted by atomic mass is 10.0. The Morgan fingerprint density at radius 3 is 0.910 bits per heavy atom. The number of aromatic nitrogens is 6. The predicted molar refractivity (Wildman–Crippen MR) is 549 cm³/mol. The molecule has 0 atom stereocenters. The number of carboxylic acids is 1. The molecule has 0 aliphatic carbocycles. The second-order valence-corrected chi connectivity index (χ2v) is 35.0. The zero-order valence-electron chi connectivity index (χ0n) is 79.9. The molecule has 11 aromatic carbocycles. The van der Waals surface area contributed by atoms with Crippen molar-refractivity contribution in [2.45, 2.75) is 117 Å². The van der Waals surface area contributed by atoms with Crippen LogP contribution in [0.3, 0.4) is 0 Å². The van der Waals surface area contributed by atoms with E-state index < -0.39 is 23.8 Å². The maximum Gasteiger partial charge on any atom is 0.370 e. The Balaban J connectivity index is 0.000000135. The molecule has 738 valence electrons. The Kier molecular flexibility index (Phi) is 32.1. The molecule has 0 radical (unpaired) electrons. The predicted octanol–water partition coefficient (Wildman–Crippen LogP) is 18.3. The Morgan fingerprint density at radius 1 is 0.338 bits per heavy atom. The number of nitrogens with zero attached hydrogens (tertiary/aromatic N) is 13. The van der Waals surface area contributed by atoms with Gasteiger partial charge in [0.1, 0.15) is 66.5 Å². The van der Waals surface area contributed by atoms with Gasteiger partial charge in [-0.05, 0) is 264 Å². The maximum absolute atomic E-state index is 14.0. The maximum atomic E-state index is 14.0. The van der Waals surface area contributed by atoms with Crippen molar-refractivity contribution in [2.24, 2.45) is 10.8 Å². The lowest BCUT2D eigenvalue weighted by Crippen LogP contribution is -2.39. The first-order valence-corrected chi connectivity index (χ1v) is 48.6. The molecular formula is C112H106ClN15O17. The number of carbonyl (C=O) groups is 10. The molecule has 32 nitrogen and oxygen atoms in total. The number of aromatic carboxylic acids is 1. The molecule has 4 N–H and O–H groups in total. The van der Waals surface area contributed by atoms with Crippen molar-refractivity contribution in [3.63, 3.8) is 0 Å². The number of anilines is 7. The van der Waals surface area contributed by atoms with E-state index >= 15 is 0 Å². The minimum absolute atomic E-state index is 0.103. The molecule has 3 fully saturated rings. The summed E-state index contributed by atoms with van der Waals surface area (Å²) in [6, 6.07) is 90.6. The van der Waals surface area contributed by atoms with Crippen LogP contribution < -0.4 is 59.5 Å². The fourth-order valence-electron chi connectivity index (χ4n) is 17.8. The van der Waals surface area contributed by atoms with Crippen LogP contribution in [0.1, 0.15) is 174 Å². The molecule has 6 aliphatic rings. The summed E-state index contributed by atoms with van der Waals surface area (Å²) in [5.41, 5.74) is 22.2. The number of hydrogen-bond donors (Lipinski definition) is 3. The van der Waals surface area contributed by atoms with Gasteiger partial charge in [-0.3, -0.25) is 39.0 Å². The Morgan fingerprint density at radius 2 is 0.614 bits per heavy atom. The number of nitrogens with two attached hydrogens (primary N) is 1. The number of ether oxygens (including phenoxy) is 6. The third-order valence-electron chi connectivity index (χ3n) is 25.2. The molecule has 145 heavy (non-hydrogen) atoms. The van der Waals surface area contributed by atoms with Crippen molar-refractivity contribution in [1.29, 1.82) is 0 Å². The van der Waals surface area contributed by atoms with Crippen molar-refractivity contribution in [2.75, 3.05) is 87.3 Å². The zero-order valence-corrected chi connectivity index (χ0v) is 80.7. The van der Waals surface area contributed by atoms with Crippen molar-refractivity contribution in [3.05, 3.63) is 364 Å². The molecule has 20 rings (SSSR count). The lowest BCUT2D eigenvalue weighted by Gasteiger charge is -2.29. The summed E-state index contributed by atoms with van der Waals surface area (Å²) in [5.74, 6) is -0.826. The zero-order chi connectivity index (χ0) is 101. The van der Waals surface area contributed by atoms with Gasteiger partial charge in [-0.2, -0.15) is 20.4 Å². The highest BCUT2D eigenvalue weighted by atomic mass is 35.5. The van der Waals surface area contributed by atoms with Crippen LogP contribution in [0.5, 0.6) is 23.0 Å². The molecule has 0 saturated carbocycles. The number of hydrazone groups is 1. The first kappa shape index (κ1) is 99.3. The first-order chi connectivity index (χ1) is 70.7. The topological polar surface area (TPSA) is 370 Å². The van der Waals surface area contributed by atoms with Crippen LogP contribution in [0.2, 0.25) is 0 Å². The molecule has 33 heteroatoms. The molecule has 9 heterocycles. The molecule has 3 saturated heterocycles. The smallest absolute Gasteiger partial charge is 0.370 e. The van der Waals surface area contributed by atoms with Crippen LogP contribution in [-0.2, 0) is 74.3 Å². The standard InChI is InChI=1S/C33H32N4O5.C31H29N5O4.C31H28N4O5.C17H17ClN2O3/c1-2-41-33(40)30-28-19-21-36(25-13-11-24(12-14-25)35-20-7-6-10-29(35)38)32(39)31(28)37(34-30)26-15-17-27(18-16-26)42-22-23-8-4-3-5-9-23;32-30(38)28-26-17-19-35(23-11-9-22(10-12-23)34-18-5-4-8-27(34)37)31(39)29(26)36(33-28)24-13-15-25(16-14-24)40-20-21-6-2-1-3-7-21;36-27-8-4-5-18-33(27)22-9-11-23(12-10-22)34-19-17-26-28(31(38)39)32-35(29(26)30(34)37)24-13-15-25(16-14-24)40-20-21-6-2-1-3-7-21;1-2-22-17(21)16(18)20-19-14-8-10-15(11-9-14)23-12-13-6-4-3-5-7-13/h3-5,8-9,11-18H,2,6-7,10,19-22H2,1H3;1-3,6-7,9-16H,4-5,8,17-20H2,(H2,32,38);1-3,6-7,9-16H,4-5,8,17-20H2,(H,38,39);3-11,19H,2,12H2,1H3/b;;;20-16-. The molecule has 3 aromatic heterocycles. The van der Waals surface area contributed by atoms with Gasteiger partial charge in [0.2, 0.25) is 22.9 Å². The van der Waals surface area contributed by atoms with Gasteiger partial charge in [0, 0.05) is 109 Å². The van der Waals surface area contributed by atoms with Crippen LogP contribution in [-0.4, -0.2) is 151 Å². The number of fused-ring (bicyclic) bond motifs is 3. The number of carboxylic acid groups (broad SMARTS) is 1. The molecule has 7 amide bonds. The number of halogens is 1. The minimum atomic E-state index is -1.17. The summed E-state index contributed by atoms with van der Waals surface area (Å²) in [6.07, 6.45) is 8.57. The van der Waals surface area contributed by atoms with E-state index in [1.54, 1.807) is 104 Å². The van der Waals surface area contributed by atoms with Gasteiger partial charge in [0.05, 0.1) is 36.0 Å². The van der Waals surface area contributed by atoms with Gasteiger partial charge in [-0.15, -0.1) is 0 Å². The van der Waals surface area contributed by atoms with E-state index in [0.29, 0.717) is 189 Å². The van der Waals surface area contributed by atoms with Crippen LogP contribution in [0.4, 0.5) is 39.8 Å². The summed E-state index contributed by atoms with van der Waals surface area (Å²) >= 11 is 5.70. The highest BCUT2D eigenvalue weighted by Crippen LogP contribution is 2.38. The average Bonchev–Trinajstić information content (AvgIpc) is 1.78. The third kappa shape index (κ3) is 23.8. The summed E-state index contributed by atoms with van der Waals surface area (Å²) < 4.78 is 37.8. The van der Waals surface area contributed by atoms with Gasteiger partial charge in [0.15, 0.2) is 17.1 Å². The number of amides is 7. The number of rotatable bonds is 29. The van der Waals surface area contributed by atoms with E-state index in [0.717, 1.165) is 83.6 Å². The molecule has 14 aromatic rings. The van der Waals surface area contributed by atoms with Crippen LogP contribution in [0.25, 0.3) is 17.1 Å². The second-order valence-electron chi connectivity index (χ2n) is 34.7. The van der Waals surface area contributed by atoms with E-state index in [4.69, 9.17) is 45.8 Å². The normalized spacial score (nSPS) is 14.5. The van der Waals surface area contributed by atoms with Crippen molar-refractivity contribution >= 4 is 116 Å². The Bertz CT molecular complexity index is 6780. The molecular weight excluding hydrogens is 1860 g/mol. The summed E-state index contributed by atoms with van der Waals surface area (Å²) in [6.45, 7) is 8.87. The number of nitrogens with one attached hydrogen (secondary N) is 1. The monoisotopic (exact) mass is 1970 g/mol. The van der Waals surface area contributed by atoms with E-state index in [2.05, 4.69) is 25.8 Å². The van der Waals surface area contributed by atoms with Gasteiger partial charge in [-0.1, -0.05) is 133 Å². The number of carbonyl (C=O) groups excluding carboxylic acids is 9. The summed E-state index contributed by atoms with van der Waals surface area (Å²) in [4.78, 5) is 137. The van der Waals surface area contributed by atoms with Gasteiger partial charge < -0.3 is 68.7 Å². The van der Waals surface area contributed by atoms with Gasteiger partial charge in [-0.25, -0.2) is 28.4 Å². The summed E-state index contributed by atoms with van der Waals surface area (Å²) in [7, 11) is 0. The van der Waals surface area contributed by atoms with Crippen LogP contribution in [0.15, 0.2) is 296 Å².